The summed E-state index contributed by atoms with van der Waals surface area (Å²) in [6.07, 6.45) is 1.97. The summed E-state index contributed by atoms with van der Waals surface area (Å²) in [5, 5.41) is 2.94. The molecule has 0 bridgehead atoms. The molecule has 2 aromatic carbocycles. The molecular formula is C25H28FN5O2. The molecule has 7 nitrogen and oxygen atoms in total. The van der Waals surface area contributed by atoms with E-state index in [0.717, 1.165) is 37.2 Å². The quantitative estimate of drug-likeness (QED) is 0.378. The number of carbonyl (C=O) groups excluding carboxylic acids is 1. The first-order valence-electron chi connectivity index (χ1n) is 11.3. The monoisotopic (exact) mass is 449 g/mol. The van der Waals surface area contributed by atoms with Crippen LogP contribution in [0.15, 0.2) is 59.1 Å². The van der Waals surface area contributed by atoms with Crippen LogP contribution in [0.25, 0.3) is 22.4 Å². The van der Waals surface area contributed by atoms with Gasteiger partial charge >= 0.3 is 0 Å². The lowest BCUT2D eigenvalue weighted by molar-refractivity contribution is -0.116. The van der Waals surface area contributed by atoms with Gasteiger partial charge in [0.2, 0.25) is 11.9 Å². The van der Waals surface area contributed by atoms with Crippen LogP contribution >= 0.6 is 0 Å². The Morgan fingerprint density at radius 1 is 1.12 bits per heavy atom. The van der Waals surface area contributed by atoms with Crippen molar-refractivity contribution >= 4 is 22.9 Å². The van der Waals surface area contributed by atoms with E-state index >= 15 is 0 Å². The second-order valence-electron chi connectivity index (χ2n) is 7.75. The minimum atomic E-state index is -0.374. The predicted octanol–water partition coefficient (Wildman–Crippen LogP) is 4.74. The summed E-state index contributed by atoms with van der Waals surface area (Å²) in [7, 11) is 0. The molecule has 0 atom stereocenters. The van der Waals surface area contributed by atoms with E-state index in [4.69, 9.17) is 4.42 Å². The number of benzene rings is 2. The lowest BCUT2D eigenvalue weighted by Gasteiger charge is -2.19. The van der Waals surface area contributed by atoms with Gasteiger partial charge in [-0.15, -0.1) is 0 Å². The predicted molar refractivity (Wildman–Crippen MR) is 126 cm³/mol. The summed E-state index contributed by atoms with van der Waals surface area (Å²) < 4.78 is 21.7. The van der Waals surface area contributed by atoms with Crippen LogP contribution in [0.3, 0.4) is 0 Å². The molecule has 1 amide bonds. The van der Waals surface area contributed by atoms with Gasteiger partial charge < -0.3 is 13.9 Å². The van der Waals surface area contributed by atoms with Crippen LogP contribution in [-0.2, 0) is 17.8 Å². The highest BCUT2D eigenvalue weighted by Gasteiger charge is 2.16. The number of carbonyl (C=O) groups is 1. The molecule has 2 aromatic heterocycles. The molecule has 1 N–H and O–H groups in total. The first-order chi connectivity index (χ1) is 16.1. The van der Waals surface area contributed by atoms with Crippen molar-refractivity contribution in [3.05, 3.63) is 66.4 Å². The molecule has 33 heavy (non-hydrogen) atoms. The number of halogens is 1. The van der Waals surface area contributed by atoms with Crippen LogP contribution in [0.4, 0.5) is 10.3 Å². The van der Waals surface area contributed by atoms with Gasteiger partial charge in [0.15, 0.2) is 11.7 Å². The molecule has 172 valence electrons. The van der Waals surface area contributed by atoms with Crippen LogP contribution in [0.5, 0.6) is 0 Å². The van der Waals surface area contributed by atoms with Gasteiger partial charge in [0.05, 0.1) is 22.8 Å². The van der Waals surface area contributed by atoms with Crippen molar-refractivity contribution in [2.75, 3.05) is 25.0 Å². The summed E-state index contributed by atoms with van der Waals surface area (Å²) in [6.45, 7) is 7.80. The van der Waals surface area contributed by atoms with Gasteiger partial charge in [0.25, 0.3) is 0 Å². The number of para-hydroxylation sites is 2. The van der Waals surface area contributed by atoms with E-state index in [-0.39, 0.29) is 18.1 Å². The number of aryl methyl sites for hydroxylation is 1. The van der Waals surface area contributed by atoms with E-state index in [2.05, 4.69) is 34.0 Å². The highest BCUT2D eigenvalue weighted by molar-refractivity contribution is 5.91. The maximum Gasteiger partial charge on any atom is 0.227 e. The van der Waals surface area contributed by atoms with Crippen LogP contribution in [-0.4, -0.2) is 45.0 Å². The maximum atomic E-state index is 14.0. The molecule has 2 heterocycles. The third-order valence-corrected chi connectivity index (χ3v) is 5.70. The van der Waals surface area contributed by atoms with E-state index in [1.165, 1.54) is 12.3 Å². The van der Waals surface area contributed by atoms with Gasteiger partial charge in [0, 0.05) is 25.9 Å². The zero-order valence-electron chi connectivity index (χ0n) is 18.9. The number of likely N-dealkylation sites (N-methyl/N-ethyl adjacent to an activating group) is 1. The van der Waals surface area contributed by atoms with E-state index in [0.29, 0.717) is 29.6 Å². The number of hydrogen-bond donors (Lipinski definition) is 1. The highest BCUT2D eigenvalue weighted by atomic mass is 19.1. The van der Waals surface area contributed by atoms with E-state index < -0.39 is 0 Å². The van der Waals surface area contributed by atoms with Crippen molar-refractivity contribution in [2.24, 2.45) is 0 Å². The largest absolute Gasteiger partial charge is 0.441 e. The summed E-state index contributed by atoms with van der Waals surface area (Å²) in [4.78, 5) is 23.8. The molecule has 4 aromatic rings. The lowest BCUT2D eigenvalue weighted by Crippen LogP contribution is -2.27. The second kappa shape index (κ2) is 10.4. The van der Waals surface area contributed by atoms with Crippen molar-refractivity contribution in [2.45, 2.75) is 33.2 Å². The fourth-order valence-corrected chi connectivity index (χ4v) is 3.80. The second-order valence-corrected chi connectivity index (χ2v) is 7.75. The number of aromatic nitrogens is 3. The Morgan fingerprint density at radius 2 is 1.88 bits per heavy atom. The number of nitrogens with one attached hydrogen (secondary N) is 1. The van der Waals surface area contributed by atoms with Crippen molar-refractivity contribution in [3.63, 3.8) is 0 Å². The lowest BCUT2D eigenvalue weighted by atomic mass is 10.2. The zero-order valence-corrected chi connectivity index (χ0v) is 18.9. The van der Waals surface area contributed by atoms with Crippen LogP contribution in [0.2, 0.25) is 0 Å². The van der Waals surface area contributed by atoms with Crippen LogP contribution < -0.4 is 5.32 Å². The fourth-order valence-electron chi connectivity index (χ4n) is 3.80. The van der Waals surface area contributed by atoms with Crippen molar-refractivity contribution < 1.29 is 13.6 Å². The smallest absolute Gasteiger partial charge is 0.227 e. The van der Waals surface area contributed by atoms with E-state index in [9.17, 15) is 9.18 Å². The number of hydrogen-bond acceptors (Lipinski definition) is 5. The Bertz CT molecular complexity index is 1230. The number of amides is 1. The number of imidazole rings is 1. The van der Waals surface area contributed by atoms with Gasteiger partial charge in [-0.3, -0.25) is 10.1 Å². The molecule has 4 rings (SSSR count). The van der Waals surface area contributed by atoms with Crippen LogP contribution in [0.1, 0.15) is 26.2 Å². The Morgan fingerprint density at radius 3 is 2.67 bits per heavy atom. The standard InChI is InChI=1S/C25H28FN5O2/c1-3-30(4-2)15-16-31-21-12-8-7-11-20(21)28-25(31)29-23(32)13-14-24-27-17-22(33-24)18-9-5-6-10-19(18)26/h5-12,17H,3-4,13-16H2,1-2H3,(H,28,29,32). The molecule has 8 heteroatoms. The third-order valence-electron chi connectivity index (χ3n) is 5.70. The SMILES string of the molecule is CCN(CC)CCn1c(NC(=O)CCc2ncc(-c3ccccc3F)o2)nc2ccccc21. The fraction of sp³-hybridized carbons (Fsp3) is 0.320. The number of fused-ring (bicyclic) bond motifs is 1. The van der Waals surface area contributed by atoms with Gasteiger partial charge in [-0.2, -0.15) is 0 Å². The normalized spacial score (nSPS) is 11.4. The minimum absolute atomic E-state index is 0.177. The summed E-state index contributed by atoms with van der Waals surface area (Å²) in [5.41, 5.74) is 2.18. The molecule has 0 saturated carbocycles. The van der Waals surface area contributed by atoms with Gasteiger partial charge in [0.1, 0.15) is 5.82 Å². The first-order valence-corrected chi connectivity index (χ1v) is 11.3. The minimum Gasteiger partial charge on any atom is -0.441 e. The molecule has 0 aliphatic heterocycles. The Balaban J connectivity index is 1.43. The number of nitrogens with zero attached hydrogens (tertiary/aromatic N) is 4. The van der Waals surface area contributed by atoms with E-state index in [1.54, 1.807) is 18.2 Å². The third kappa shape index (κ3) is 5.28. The van der Waals surface area contributed by atoms with Gasteiger partial charge in [-0.05, 0) is 37.4 Å². The molecule has 0 fully saturated rings. The van der Waals surface area contributed by atoms with E-state index in [1.807, 2.05) is 28.8 Å². The van der Waals surface area contributed by atoms with Crippen molar-refractivity contribution in [3.8, 4) is 11.3 Å². The molecule has 0 unspecified atom stereocenters. The Hall–Kier alpha value is -3.52. The zero-order chi connectivity index (χ0) is 23.2. The average molecular weight is 450 g/mol. The maximum absolute atomic E-state index is 14.0. The number of anilines is 1. The topological polar surface area (TPSA) is 76.2 Å². The van der Waals surface area contributed by atoms with Gasteiger partial charge in [-0.25, -0.2) is 14.4 Å². The average Bonchev–Trinajstić information content (AvgIpc) is 3.43. The van der Waals surface area contributed by atoms with Crippen molar-refractivity contribution in [1.82, 2.24) is 19.4 Å². The first kappa shape index (κ1) is 22.7. The van der Waals surface area contributed by atoms with Crippen LogP contribution in [0, 0.1) is 5.82 Å². The molecular weight excluding hydrogens is 421 g/mol. The summed E-state index contributed by atoms with van der Waals surface area (Å²) in [6, 6.07) is 14.2. The molecule has 0 aliphatic carbocycles. The molecule has 0 radical (unpaired) electrons. The van der Waals surface area contributed by atoms with Gasteiger partial charge in [-0.1, -0.05) is 38.1 Å². The molecule has 0 aliphatic rings. The number of oxazole rings is 1. The number of rotatable bonds is 10. The summed E-state index contributed by atoms with van der Waals surface area (Å²) in [5.74, 6) is 0.717. The molecule has 0 spiro atoms. The Kier molecular flexibility index (Phi) is 7.14. The highest BCUT2D eigenvalue weighted by Crippen LogP contribution is 2.24. The molecule has 0 saturated heterocycles. The summed E-state index contributed by atoms with van der Waals surface area (Å²) >= 11 is 0. The Labute approximate surface area is 192 Å². The van der Waals surface area contributed by atoms with Crippen molar-refractivity contribution in [1.29, 1.82) is 0 Å².